The van der Waals surface area contributed by atoms with Crippen LogP contribution in [0.1, 0.15) is 17.0 Å². The van der Waals surface area contributed by atoms with Gasteiger partial charge in [0.25, 0.3) is 5.69 Å². The number of carbonyl (C=O) groups is 1. The smallest absolute Gasteiger partial charge is 0.292 e. The van der Waals surface area contributed by atoms with Crippen LogP contribution < -0.4 is 10.2 Å². The van der Waals surface area contributed by atoms with E-state index in [1.54, 1.807) is 12.1 Å². The minimum atomic E-state index is -0.351. The topological polar surface area (TPSA) is 96.5 Å². The maximum atomic E-state index is 12.8. The van der Waals surface area contributed by atoms with E-state index in [0.717, 1.165) is 22.8 Å². The first kappa shape index (κ1) is 22.5. The molecule has 1 fully saturated rings. The van der Waals surface area contributed by atoms with Crippen molar-refractivity contribution in [1.82, 2.24) is 14.7 Å². The van der Waals surface area contributed by atoms with Crippen LogP contribution in [0.25, 0.3) is 5.69 Å². The maximum absolute atomic E-state index is 12.8. The molecule has 0 radical (unpaired) electrons. The number of anilines is 2. The number of rotatable bonds is 6. The van der Waals surface area contributed by atoms with Crippen molar-refractivity contribution in [3.05, 3.63) is 75.6 Å². The van der Waals surface area contributed by atoms with Gasteiger partial charge in [-0.15, -0.1) is 0 Å². The van der Waals surface area contributed by atoms with Crippen molar-refractivity contribution < 1.29 is 9.72 Å². The summed E-state index contributed by atoms with van der Waals surface area (Å²) in [5, 5.41) is 18.9. The Morgan fingerprint density at radius 3 is 2.36 bits per heavy atom. The van der Waals surface area contributed by atoms with Gasteiger partial charge in [-0.2, -0.15) is 5.10 Å². The number of nitro benzene ring substituents is 1. The van der Waals surface area contributed by atoms with Gasteiger partial charge in [0.2, 0.25) is 5.91 Å². The van der Waals surface area contributed by atoms with E-state index in [4.69, 9.17) is 0 Å². The van der Waals surface area contributed by atoms with Crippen molar-refractivity contribution in [3.63, 3.8) is 0 Å². The number of amides is 1. The number of hydrogen-bond acceptors (Lipinski definition) is 6. The maximum Gasteiger partial charge on any atom is 0.292 e. The average molecular weight is 449 g/mol. The third kappa shape index (κ3) is 4.88. The summed E-state index contributed by atoms with van der Waals surface area (Å²) in [5.41, 5.74) is 5.25. The lowest BCUT2D eigenvalue weighted by Gasteiger charge is -2.35. The number of carbonyl (C=O) groups excluding carboxylic acids is 1. The fourth-order valence-corrected chi connectivity index (χ4v) is 4.18. The van der Waals surface area contributed by atoms with Gasteiger partial charge in [-0.25, -0.2) is 4.68 Å². The molecule has 172 valence electrons. The highest BCUT2D eigenvalue weighted by Crippen LogP contribution is 2.28. The van der Waals surface area contributed by atoms with E-state index < -0.39 is 0 Å². The Labute approximate surface area is 192 Å². The van der Waals surface area contributed by atoms with Gasteiger partial charge in [0, 0.05) is 32.2 Å². The Balaban J connectivity index is 1.37. The number of para-hydroxylation sites is 2. The van der Waals surface area contributed by atoms with Gasteiger partial charge < -0.3 is 10.2 Å². The molecule has 0 aliphatic carbocycles. The van der Waals surface area contributed by atoms with Gasteiger partial charge in [0.05, 0.1) is 34.2 Å². The van der Waals surface area contributed by atoms with E-state index in [1.807, 2.05) is 60.7 Å². The second-order valence-electron chi connectivity index (χ2n) is 8.35. The molecule has 3 aromatic rings. The number of aryl methyl sites for hydroxylation is 2. The molecule has 1 amide bonds. The van der Waals surface area contributed by atoms with Crippen molar-refractivity contribution in [3.8, 4) is 5.69 Å². The predicted molar refractivity (Wildman–Crippen MR) is 128 cm³/mol. The van der Waals surface area contributed by atoms with Crippen molar-refractivity contribution in [2.24, 2.45) is 0 Å². The van der Waals surface area contributed by atoms with Gasteiger partial charge >= 0.3 is 0 Å². The number of piperazine rings is 1. The highest BCUT2D eigenvalue weighted by molar-refractivity contribution is 5.93. The fraction of sp³-hybridized carbons (Fsp3) is 0.333. The number of hydrogen-bond donors (Lipinski definition) is 1. The molecule has 1 N–H and O–H groups in total. The lowest BCUT2D eigenvalue weighted by Crippen LogP contribution is -2.48. The molecule has 2 heterocycles. The normalized spacial score (nSPS) is 14.3. The molecule has 1 aromatic heterocycles. The molecule has 9 nitrogen and oxygen atoms in total. The summed E-state index contributed by atoms with van der Waals surface area (Å²) in [7, 11) is 0. The molecule has 33 heavy (non-hydrogen) atoms. The molecular weight excluding hydrogens is 420 g/mol. The first-order valence-electron chi connectivity index (χ1n) is 11.0. The van der Waals surface area contributed by atoms with Gasteiger partial charge in [-0.05, 0) is 39.0 Å². The van der Waals surface area contributed by atoms with Gasteiger partial charge in [-0.1, -0.05) is 29.8 Å². The number of nitrogens with zero attached hydrogens (tertiary/aromatic N) is 5. The van der Waals surface area contributed by atoms with Crippen LogP contribution in [0.4, 0.5) is 17.1 Å². The van der Waals surface area contributed by atoms with Crippen LogP contribution >= 0.6 is 0 Å². The summed E-state index contributed by atoms with van der Waals surface area (Å²) in [5.74, 6) is -0.0937. The van der Waals surface area contributed by atoms with Gasteiger partial charge in [0.15, 0.2) is 0 Å². The molecule has 0 spiro atoms. The van der Waals surface area contributed by atoms with Crippen molar-refractivity contribution in [2.75, 3.05) is 42.9 Å². The summed E-state index contributed by atoms with van der Waals surface area (Å²) in [6.07, 6.45) is 0. The van der Waals surface area contributed by atoms with E-state index >= 15 is 0 Å². The SMILES string of the molecule is Cc1ccc(-n2nc(C)c(NC(=O)CN3CCN(c4ccccc4[N+](=O)[O-])CC3)c2C)cc1. The van der Waals surface area contributed by atoms with Crippen LogP contribution in [-0.2, 0) is 4.79 Å². The molecule has 1 aliphatic heterocycles. The molecule has 1 aliphatic rings. The molecule has 2 aromatic carbocycles. The first-order chi connectivity index (χ1) is 15.8. The third-order valence-electron chi connectivity index (χ3n) is 5.99. The quantitative estimate of drug-likeness (QED) is 0.458. The summed E-state index contributed by atoms with van der Waals surface area (Å²) in [6, 6.07) is 14.9. The standard InChI is InChI=1S/C24H28N6O3/c1-17-8-10-20(11-9-17)29-19(3)24(18(2)26-29)25-23(31)16-27-12-14-28(15-13-27)21-6-4-5-7-22(21)30(32)33/h4-11H,12-16H2,1-3H3,(H,25,31). The zero-order valence-electron chi connectivity index (χ0n) is 19.1. The number of benzene rings is 2. The molecule has 0 bridgehead atoms. The average Bonchev–Trinajstić information content (AvgIpc) is 3.08. The highest BCUT2D eigenvalue weighted by atomic mass is 16.6. The summed E-state index contributed by atoms with van der Waals surface area (Å²) >= 11 is 0. The first-order valence-corrected chi connectivity index (χ1v) is 11.0. The number of aromatic nitrogens is 2. The zero-order valence-corrected chi connectivity index (χ0v) is 19.1. The van der Waals surface area contributed by atoms with Crippen molar-refractivity contribution in [1.29, 1.82) is 0 Å². The van der Waals surface area contributed by atoms with E-state index in [9.17, 15) is 14.9 Å². The van der Waals surface area contributed by atoms with Crippen LogP contribution in [0.15, 0.2) is 48.5 Å². The molecule has 0 saturated carbocycles. The molecule has 1 saturated heterocycles. The minimum Gasteiger partial charge on any atom is -0.363 e. The largest absolute Gasteiger partial charge is 0.363 e. The Morgan fingerprint density at radius 1 is 1.03 bits per heavy atom. The van der Waals surface area contributed by atoms with Gasteiger partial charge in [-0.3, -0.25) is 19.8 Å². The Hall–Kier alpha value is -3.72. The molecule has 4 rings (SSSR count). The van der Waals surface area contributed by atoms with E-state index in [0.29, 0.717) is 31.9 Å². The molecular formula is C24H28N6O3. The van der Waals surface area contributed by atoms with Crippen LogP contribution in [0.2, 0.25) is 0 Å². The van der Waals surface area contributed by atoms with E-state index in [1.165, 1.54) is 11.6 Å². The second-order valence-corrected chi connectivity index (χ2v) is 8.35. The lowest BCUT2D eigenvalue weighted by molar-refractivity contribution is -0.384. The highest BCUT2D eigenvalue weighted by Gasteiger charge is 2.24. The number of nitrogens with one attached hydrogen (secondary N) is 1. The Bertz CT molecular complexity index is 1160. The predicted octanol–water partition coefficient (Wildman–Crippen LogP) is 3.47. The van der Waals surface area contributed by atoms with Crippen molar-refractivity contribution >= 4 is 23.0 Å². The van der Waals surface area contributed by atoms with Crippen molar-refractivity contribution in [2.45, 2.75) is 20.8 Å². The van der Waals surface area contributed by atoms with E-state index in [-0.39, 0.29) is 23.1 Å². The van der Waals surface area contributed by atoms with E-state index in [2.05, 4.69) is 15.3 Å². The lowest BCUT2D eigenvalue weighted by atomic mass is 10.2. The second kappa shape index (κ2) is 9.41. The summed E-state index contributed by atoms with van der Waals surface area (Å²) in [4.78, 5) is 27.8. The van der Waals surface area contributed by atoms with Crippen LogP contribution in [0.3, 0.4) is 0 Å². The third-order valence-corrected chi connectivity index (χ3v) is 5.99. The molecule has 9 heteroatoms. The summed E-state index contributed by atoms with van der Waals surface area (Å²) in [6.45, 7) is 8.69. The van der Waals surface area contributed by atoms with Gasteiger partial charge in [0.1, 0.15) is 5.69 Å². The fourth-order valence-electron chi connectivity index (χ4n) is 4.18. The monoisotopic (exact) mass is 448 g/mol. The molecule has 0 atom stereocenters. The van der Waals surface area contributed by atoms with Crippen LogP contribution in [0.5, 0.6) is 0 Å². The molecule has 0 unspecified atom stereocenters. The van der Waals surface area contributed by atoms with Crippen LogP contribution in [0, 0.1) is 30.9 Å². The van der Waals surface area contributed by atoms with Crippen LogP contribution in [-0.4, -0.2) is 58.2 Å². The minimum absolute atomic E-state index is 0.0937. The Morgan fingerprint density at radius 2 is 1.70 bits per heavy atom. The summed E-state index contributed by atoms with van der Waals surface area (Å²) < 4.78 is 1.84. The zero-order chi connectivity index (χ0) is 23.5. The Kier molecular flexibility index (Phi) is 6.41. The number of nitro groups is 1.